The van der Waals surface area contributed by atoms with Gasteiger partial charge in [-0.05, 0) is 36.8 Å². The number of carbonyl (C=O) groups excluding carboxylic acids is 1. The van der Waals surface area contributed by atoms with E-state index in [0.717, 1.165) is 16.9 Å². The van der Waals surface area contributed by atoms with Gasteiger partial charge in [-0.1, -0.05) is 13.0 Å². The lowest BCUT2D eigenvalue weighted by Gasteiger charge is -2.17. The Morgan fingerprint density at radius 3 is 2.89 bits per heavy atom. The van der Waals surface area contributed by atoms with Crippen molar-refractivity contribution in [3.63, 3.8) is 0 Å². The first-order chi connectivity index (χ1) is 8.70. The van der Waals surface area contributed by atoms with Crippen LogP contribution in [-0.2, 0) is 4.79 Å². The van der Waals surface area contributed by atoms with Crippen molar-refractivity contribution in [2.45, 2.75) is 32.7 Å². The molecule has 0 aromatic heterocycles. The lowest BCUT2D eigenvalue weighted by Crippen LogP contribution is -2.19. The fourth-order valence-electron chi connectivity index (χ4n) is 2.03. The molecule has 98 valence electrons. The third-order valence-corrected chi connectivity index (χ3v) is 4.38. The number of hydrogen-bond donors (Lipinski definition) is 2. The summed E-state index contributed by atoms with van der Waals surface area (Å²) in [4.78, 5) is 11.5. The Morgan fingerprint density at radius 2 is 2.22 bits per heavy atom. The van der Waals surface area contributed by atoms with Crippen LogP contribution in [-0.4, -0.2) is 23.5 Å². The highest BCUT2D eigenvalue weighted by molar-refractivity contribution is 7.99. The zero-order valence-electron chi connectivity index (χ0n) is 11.0. The van der Waals surface area contributed by atoms with Crippen LogP contribution in [0.4, 0.5) is 11.4 Å². The molecule has 1 saturated heterocycles. The molecule has 1 atom stereocenters. The molecule has 0 aliphatic carbocycles. The smallest absolute Gasteiger partial charge is 0.224 e. The van der Waals surface area contributed by atoms with Crippen LogP contribution in [0.25, 0.3) is 0 Å². The van der Waals surface area contributed by atoms with Crippen LogP contribution >= 0.6 is 11.8 Å². The predicted molar refractivity (Wildman–Crippen MR) is 79.5 cm³/mol. The number of hydrogen-bond acceptors (Lipinski definition) is 3. The maximum Gasteiger partial charge on any atom is 0.224 e. The lowest BCUT2D eigenvalue weighted by atomic mass is 10.1. The second kappa shape index (κ2) is 6.14. The Hall–Kier alpha value is -1.16. The van der Waals surface area contributed by atoms with E-state index in [4.69, 9.17) is 0 Å². The third kappa shape index (κ3) is 3.19. The molecule has 1 unspecified atom stereocenters. The van der Waals surface area contributed by atoms with E-state index in [0.29, 0.717) is 12.5 Å². The van der Waals surface area contributed by atoms with E-state index in [-0.39, 0.29) is 5.91 Å². The van der Waals surface area contributed by atoms with E-state index in [1.54, 1.807) is 0 Å². The summed E-state index contributed by atoms with van der Waals surface area (Å²) >= 11 is 1.99. The van der Waals surface area contributed by atoms with Gasteiger partial charge < -0.3 is 10.6 Å². The van der Waals surface area contributed by atoms with E-state index >= 15 is 0 Å². The highest BCUT2D eigenvalue weighted by Gasteiger charge is 2.16. The number of benzene rings is 1. The fraction of sp³-hybridized carbons (Fsp3) is 0.500. The van der Waals surface area contributed by atoms with Gasteiger partial charge in [-0.15, -0.1) is 0 Å². The topological polar surface area (TPSA) is 41.1 Å². The highest BCUT2D eigenvalue weighted by atomic mass is 32.2. The van der Waals surface area contributed by atoms with Gasteiger partial charge in [0.05, 0.1) is 0 Å². The monoisotopic (exact) mass is 264 g/mol. The van der Waals surface area contributed by atoms with Crippen molar-refractivity contribution in [1.29, 1.82) is 0 Å². The van der Waals surface area contributed by atoms with Gasteiger partial charge in [0.15, 0.2) is 0 Å². The predicted octanol–water partition coefficient (Wildman–Crippen LogP) is 3.26. The van der Waals surface area contributed by atoms with Crippen molar-refractivity contribution < 1.29 is 4.79 Å². The number of nitrogens with one attached hydrogen (secondary N) is 2. The summed E-state index contributed by atoms with van der Waals surface area (Å²) in [7, 11) is 0. The van der Waals surface area contributed by atoms with Crippen LogP contribution in [0.3, 0.4) is 0 Å². The van der Waals surface area contributed by atoms with E-state index in [9.17, 15) is 4.79 Å². The van der Waals surface area contributed by atoms with Gasteiger partial charge in [-0.2, -0.15) is 11.8 Å². The maximum atomic E-state index is 11.5. The second-order valence-electron chi connectivity index (χ2n) is 4.58. The fourth-order valence-corrected chi connectivity index (χ4v) is 3.19. The molecule has 3 nitrogen and oxygen atoms in total. The SMILES string of the molecule is CCC(=O)Nc1cccc(NC2CCSC2)c1C. The molecular formula is C14H20N2OS. The quantitative estimate of drug-likeness (QED) is 0.877. The molecule has 0 bridgehead atoms. The molecule has 0 spiro atoms. The van der Waals surface area contributed by atoms with Crippen LogP contribution in [0.15, 0.2) is 18.2 Å². The van der Waals surface area contributed by atoms with Crippen LogP contribution in [0.1, 0.15) is 25.3 Å². The summed E-state index contributed by atoms with van der Waals surface area (Å²) in [5.74, 6) is 2.47. The van der Waals surface area contributed by atoms with E-state index in [2.05, 4.69) is 23.6 Å². The molecule has 1 aromatic carbocycles. The summed E-state index contributed by atoms with van der Waals surface area (Å²) in [6.07, 6.45) is 1.73. The van der Waals surface area contributed by atoms with Gasteiger partial charge >= 0.3 is 0 Å². The molecule has 1 amide bonds. The van der Waals surface area contributed by atoms with Gasteiger partial charge in [0, 0.05) is 29.6 Å². The number of rotatable bonds is 4. The van der Waals surface area contributed by atoms with Crippen LogP contribution < -0.4 is 10.6 Å². The van der Waals surface area contributed by atoms with E-state index < -0.39 is 0 Å². The zero-order chi connectivity index (χ0) is 13.0. The first kappa shape index (κ1) is 13.3. The molecule has 0 radical (unpaired) electrons. The zero-order valence-corrected chi connectivity index (χ0v) is 11.8. The number of anilines is 2. The van der Waals surface area contributed by atoms with Crippen molar-refractivity contribution in [3.8, 4) is 0 Å². The number of thioether (sulfide) groups is 1. The minimum Gasteiger partial charge on any atom is -0.381 e. The van der Waals surface area contributed by atoms with E-state index in [1.165, 1.54) is 17.9 Å². The van der Waals surface area contributed by atoms with Crippen molar-refractivity contribution in [3.05, 3.63) is 23.8 Å². The van der Waals surface area contributed by atoms with Crippen molar-refractivity contribution in [2.24, 2.45) is 0 Å². The second-order valence-corrected chi connectivity index (χ2v) is 5.73. The Morgan fingerprint density at radius 1 is 1.44 bits per heavy atom. The molecule has 18 heavy (non-hydrogen) atoms. The molecule has 1 fully saturated rings. The molecule has 1 aliphatic rings. The molecule has 1 aliphatic heterocycles. The van der Waals surface area contributed by atoms with Crippen molar-refractivity contribution in [2.75, 3.05) is 22.1 Å². The van der Waals surface area contributed by atoms with Crippen molar-refractivity contribution in [1.82, 2.24) is 0 Å². The molecular weight excluding hydrogens is 244 g/mol. The largest absolute Gasteiger partial charge is 0.381 e. The van der Waals surface area contributed by atoms with Gasteiger partial charge in [0.1, 0.15) is 0 Å². The summed E-state index contributed by atoms with van der Waals surface area (Å²) in [5.41, 5.74) is 3.17. The number of carbonyl (C=O) groups is 1. The normalized spacial score (nSPS) is 18.7. The molecule has 1 heterocycles. The first-order valence-corrected chi connectivity index (χ1v) is 7.60. The summed E-state index contributed by atoms with van der Waals surface area (Å²) in [6.45, 7) is 3.91. The Kier molecular flexibility index (Phi) is 4.53. The molecule has 0 saturated carbocycles. The van der Waals surface area contributed by atoms with Crippen LogP contribution in [0.2, 0.25) is 0 Å². The summed E-state index contributed by atoms with van der Waals surface area (Å²) in [6, 6.07) is 6.59. The molecule has 2 N–H and O–H groups in total. The lowest BCUT2D eigenvalue weighted by molar-refractivity contribution is -0.115. The average molecular weight is 264 g/mol. The Bertz CT molecular complexity index is 428. The minimum absolute atomic E-state index is 0.0617. The summed E-state index contributed by atoms with van der Waals surface area (Å²) < 4.78 is 0. The van der Waals surface area contributed by atoms with Crippen LogP contribution in [0, 0.1) is 6.92 Å². The number of amides is 1. The molecule has 1 aromatic rings. The van der Waals surface area contributed by atoms with Crippen molar-refractivity contribution >= 4 is 29.0 Å². The summed E-state index contributed by atoms with van der Waals surface area (Å²) in [5, 5.41) is 6.51. The maximum absolute atomic E-state index is 11.5. The van der Waals surface area contributed by atoms with Crippen LogP contribution in [0.5, 0.6) is 0 Å². The Balaban J connectivity index is 2.10. The Labute approximate surface area is 113 Å². The van der Waals surface area contributed by atoms with Gasteiger partial charge in [0.25, 0.3) is 0 Å². The minimum atomic E-state index is 0.0617. The highest BCUT2D eigenvalue weighted by Crippen LogP contribution is 2.27. The third-order valence-electron chi connectivity index (χ3n) is 3.22. The standard InChI is InChI=1S/C14H20N2OS/c1-3-14(17)16-13-6-4-5-12(10(13)2)15-11-7-8-18-9-11/h4-6,11,15H,3,7-9H2,1-2H3,(H,16,17). The first-order valence-electron chi connectivity index (χ1n) is 6.44. The molecule has 2 rings (SSSR count). The van der Waals surface area contributed by atoms with Gasteiger partial charge in [0.2, 0.25) is 5.91 Å². The molecule has 4 heteroatoms. The van der Waals surface area contributed by atoms with Gasteiger partial charge in [-0.25, -0.2) is 0 Å². The van der Waals surface area contributed by atoms with Gasteiger partial charge in [-0.3, -0.25) is 4.79 Å². The average Bonchev–Trinajstić information content (AvgIpc) is 2.87. The van der Waals surface area contributed by atoms with E-state index in [1.807, 2.05) is 30.8 Å².